The van der Waals surface area contributed by atoms with Gasteiger partial charge in [-0.05, 0) is 59.6 Å². The average molecular weight is 405 g/mol. The second-order valence-electron chi connectivity index (χ2n) is 5.65. The van der Waals surface area contributed by atoms with Crippen LogP contribution in [0.5, 0.6) is 5.75 Å². The van der Waals surface area contributed by atoms with Gasteiger partial charge >= 0.3 is 0 Å². The fraction of sp³-hybridized carbons (Fsp3) is 0.263. The number of amides is 1. The predicted octanol–water partition coefficient (Wildman–Crippen LogP) is 3.95. The summed E-state index contributed by atoms with van der Waals surface area (Å²) < 4.78 is 6.08. The molecule has 0 aliphatic carbocycles. The first-order valence-electron chi connectivity index (χ1n) is 7.89. The highest BCUT2D eigenvalue weighted by Crippen LogP contribution is 2.27. The Morgan fingerprint density at radius 3 is 2.56 bits per heavy atom. The van der Waals surface area contributed by atoms with Crippen LogP contribution in [0.25, 0.3) is 0 Å². The van der Waals surface area contributed by atoms with Crippen molar-refractivity contribution in [3.05, 3.63) is 58.1 Å². The summed E-state index contributed by atoms with van der Waals surface area (Å²) in [5.74, 6) is 0.475. The topological polar surface area (TPSA) is 67.4 Å². The molecule has 0 bridgehead atoms. The molecule has 0 radical (unpaired) electrons. The molecule has 2 rings (SSSR count). The highest BCUT2D eigenvalue weighted by Gasteiger charge is 2.12. The third-order valence-corrected chi connectivity index (χ3v) is 4.44. The van der Waals surface area contributed by atoms with Crippen molar-refractivity contribution in [3.8, 4) is 5.75 Å². The van der Waals surface area contributed by atoms with E-state index in [-0.39, 0.29) is 24.3 Å². The predicted molar refractivity (Wildman–Crippen MR) is 102 cm³/mol. The number of benzene rings is 2. The number of carbonyl (C=O) groups is 2. The monoisotopic (exact) mass is 404 g/mol. The minimum atomic E-state index is -0.201. The smallest absolute Gasteiger partial charge is 0.238 e. The van der Waals surface area contributed by atoms with Crippen molar-refractivity contribution in [1.82, 2.24) is 5.32 Å². The van der Waals surface area contributed by atoms with Crippen LogP contribution in [0.2, 0.25) is 0 Å². The van der Waals surface area contributed by atoms with Gasteiger partial charge < -0.3 is 15.4 Å². The zero-order valence-corrected chi connectivity index (χ0v) is 16.0. The molecule has 0 aliphatic heterocycles. The van der Waals surface area contributed by atoms with Crippen molar-refractivity contribution in [1.29, 1.82) is 0 Å². The van der Waals surface area contributed by atoms with E-state index in [2.05, 4.69) is 26.6 Å². The lowest BCUT2D eigenvalue weighted by Crippen LogP contribution is -2.30. The summed E-state index contributed by atoms with van der Waals surface area (Å²) in [6.45, 7) is 3.59. The Hall–Kier alpha value is -2.18. The van der Waals surface area contributed by atoms with E-state index in [4.69, 9.17) is 4.74 Å². The third-order valence-electron chi connectivity index (χ3n) is 3.83. The molecule has 0 aromatic heterocycles. The maximum Gasteiger partial charge on any atom is 0.238 e. The highest BCUT2D eigenvalue weighted by atomic mass is 79.9. The molecule has 0 fully saturated rings. The van der Waals surface area contributed by atoms with Crippen LogP contribution < -0.4 is 15.4 Å². The van der Waals surface area contributed by atoms with Crippen molar-refractivity contribution < 1.29 is 14.3 Å². The largest absolute Gasteiger partial charge is 0.496 e. The van der Waals surface area contributed by atoms with Crippen LogP contribution in [0.4, 0.5) is 5.69 Å². The third kappa shape index (κ3) is 5.14. The van der Waals surface area contributed by atoms with Gasteiger partial charge in [0.05, 0.1) is 23.8 Å². The summed E-state index contributed by atoms with van der Waals surface area (Å²) in [6, 6.07) is 12.7. The fourth-order valence-electron chi connectivity index (χ4n) is 2.41. The van der Waals surface area contributed by atoms with Crippen LogP contribution in [0.1, 0.15) is 35.8 Å². The van der Waals surface area contributed by atoms with Gasteiger partial charge in [-0.3, -0.25) is 9.59 Å². The summed E-state index contributed by atoms with van der Waals surface area (Å²) in [4.78, 5) is 23.8. The molecule has 0 heterocycles. The Balaban J connectivity index is 1.96. The quantitative estimate of drug-likeness (QED) is 0.685. The zero-order valence-electron chi connectivity index (χ0n) is 14.4. The summed E-state index contributed by atoms with van der Waals surface area (Å²) in [5.41, 5.74) is 2.06. The molecule has 0 unspecified atom stereocenters. The summed E-state index contributed by atoms with van der Waals surface area (Å²) in [6.07, 6.45) is 0. The Labute approximate surface area is 155 Å². The summed E-state index contributed by atoms with van der Waals surface area (Å²) in [5, 5.41) is 5.95. The lowest BCUT2D eigenvalue weighted by atomic mass is 10.1. The number of methoxy groups -OCH3 is 1. The normalized spacial score (nSPS) is 11.7. The molecule has 1 atom stereocenters. The maximum atomic E-state index is 12.2. The van der Waals surface area contributed by atoms with Gasteiger partial charge in [0.15, 0.2) is 5.78 Å². The second kappa shape index (κ2) is 8.78. The molecule has 2 N–H and O–H groups in total. The molecule has 0 spiro atoms. The Morgan fingerprint density at radius 2 is 1.92 bits per heavy atom. The van der Waals surface area contributed by atoms with Crippen LogP contribution >= 0.6 is 15.9 Å². The van der Waals surface area contributed by atoms with E-state index in [0.717, 1.165) is 15.8 Å². The first kappa shape index (κ1) is 19.1. The number of nitrogens with one attached hydrogen (secondary N) is 2. The molecule has 6 heteroatoms. The first-order valence-corrected chi connectivity index (χ1v) is 8.68. The number of anilines is 1. The number of carbonyl (C=O) groups excluding carboxylic acids is 2. The summed E-state index contributed by atoms with van der Waals surface area (Å²) in [7, 11) is 1.62. The number of ketones is 1. The number of ether oxygens (including phenoxy) is 1. The minimum absolute atomic E-state index is 0.0176. The highest BCUT2D eigenvalue weighted by molar-refractivity contribution is 9.10. The Kier molecular flexibility index (Phi) is 6.73. The van der Waals surface area contributed by atoms with Gasteiger partial charge in [0, 0.05) is 11.6 Å². The molecule has 0 saturated heterocycles. The van der Waals surface area contributed by atoms with E-state index in [1.54, 1.807) is 31.4 Å². The SMILES string of the molecule is COc1ccc([C@H](C)NCC(=O)Nc2ccccc2C(C)=O)cc1Br. The van der Waals surface area contributed by atoms with Gasteiger partial charge in [-0.25, -0.2) is 0 Å². The van der Waals surface area contributed by atoms with Gasteiger partial charge in [0.25, 0.3) is 0 Å². The van der Waals surface area contributed by atoms with E-state index in [1.165, 1.54) is 6.92 Å². The summed E-state index contributed by atoms with van der Waals surface area (Å²) >= 11 is 3.46. The Bertz CT molecular complexity index is 777. The molecular weight excluding hydrogens is 384 g/mol. The maximum absolute atomic E-state index is 12.2. The lowest BCUT2D eigenvalue weighted by Gasteiger charge is -2.16. The van der Waals surface area contributed by atoms with Crippen LogP contribution in [-0.4, -0.2) is 25.3 Å². The number of hydrogen-bond donors (Lipinski definition) is 2. The average Bonchev–Trinajstić information content (AvgIpc) is 2.59. The molecule has 5 nitrogen and oxygen atoms in total. The van der Waals surface area contributed by atoms with E-state index in [1.807, 2.05) is 25.1 Å². The molecular formula is C19H21BrN2O3. The Morgan fingerprint density at radius 1 is 1.20 bits per heavy atom. The second-order valence-corrected chi connectivity index (χ2v) is 6.50. The molecule has 0 aliphatic rings. The van der Waals surface area contributed by atoms with E-state index in [0.29, 0.717) is 11.3 Å². The van der Waals surface area contributed by atoms with Crippen molar-refractivity contribution in [2.24, 2.45) is 0 Å². The number of halogens is 1. The number of para-hydroxylation sites is 1. The van der Waals surface area contributed by atoms with Gasteiger partial charge in [0.2, 0.25) is 5.91 Å². The lowest BCUT2D eigenvalue weighted by molar-refractivity contribution is -0.115. The van der Waals surface area contributed by atoms with E-state index >= 15 is 0 Å². The molecule has 25 heavy (non-hydrogen) atoms. The fourth-order valence-corrected chi connectivity index (χ4v) is 2.97. The van der Waals surface area contributed by atoms with Gasteiger partial charge in [0.1, 0.15) is 5.75 Å². The van der Waals surface area contributed by atoms with E-state index in [9.17, 15) is 9.59 Å². The van der Waals surface area contributed by atoms with Crippen LogP contribution in [-0.2, 0) is 4.79 Å². The first-order chi connectivity index (χ1) is 11.9. The zero-order chi connectivity index (χ0) is 18.4. The molecule has 2 aromatic rings. The van der Waals surface area contributed by atoms with Crippen molar-refractivity contribution in [2.75, 3.05) is 19.0 Å². The van der Waals surface area contributed by atoms with Gasteiger partial charge in [-0.15, -0.1) is 0 Å². The van der Waals surface area contributed by atoms with Crippen LogP contribution in [0.15, 0.2) is 46.9 Å². The molecule has 0 saturated carbocycles. The van der Waals surface area contributed by atoms with Gasteiger partial charge in [-0.1, -0.05) is 18.2 Å². The van der Waals surface area contributed by atoms with Crippen LogP contribution in [0.3, 0.4) is 0 Å². The molecule has 2 aromatic carbocycles. The number of Topliss-reactive ketones (excluding diaryl/α,β-unsaturated/α-hetero) is 1. The van der Waals surface area contributed by atoms with Crippen LogP contribution in [0, 0.1) is 0 Å². The number of hydrogen-bond acceptors (Lipinski definition) is 4. The number of rotatable bonds is 7. The van der Waals surface area contributed by atoms with Gasteiger partial charge in [-0.2, -0.15) is 0 Å². The van der Waals surface area contributed by atoms with Crippen molar-refractivity contribution in [3.63, 3.8) is 0 Å². The van der Waals surface area contributed by atoms with Crippen molar-refractivity contribution >= 4 is 33.3 Å². The van der Waals surface area contributed by atoms with E-state index < -0.39 is 0 Å². The van der Waals surface area contributed by atoms with Crippen molar-refractivity contribution in [2.45, 2.75) is 19.9 Å². The molecule has 1 amide bonds. The molecule has 132 valence electrons. The standard InChI is InChI=1S/C19H21BrN2O3/c1-12(14-8-9-18(25-3)16(20)10-14)21-11-19(24)22-17-7-5-4-6-15(17)13(2)23/h4-10,12,21H,11H2,1-3H3,(H,22,24)/t12-/m0/s1. The minimum Gasteiger partial charge on any atom is -0.496 e.